The van der Waals surface area contributed by atoms with Crippen LogP contribution in [0.4, 0.5) is 24.0 Å². The Hall–Kier alpha value is -2.09. The fourth-order valence-corrected chi connectivity index (χ4v) is 2.87. The highest BCUT2D eigenvalue weighted by molar-refractivity contribution is 7.17. The van der Waals surface area contributed by atoms with Gasteiger partial charge in [-0.15, -0.1) is 0 Å². The van der Waals surface area contributed by atoms with Crippen LogP contribution in [0, 0.1) is 5.92 Å². The number of carbonyl (C=O) groups excluding carboxylic acids is 1. The van der Waals surface area contributed by atoms with Gasteiger partial charge in [0.1, 0.15) is 4.88 Å². The number of nitrogens with zero attached hydrogens (tertiary/aromatic N) is 1. The van der Waals surface area contributed by atoms with E-state index in [2.05, 4.69) is 10.3 Å². The largest absolute Gasteiger partial charge is 0.435 e. The number of amides is 1. The van der Waals surface area contributed by atoms with Gasteiger partial charge in [-0.2, -0.15) is 13.2 Å². The molecular formula is C15H16F3N3OS. The summed E-state index contributed by atoms with van der Waals surface area (Å²) >= 11 is 0.523. The summed E-state index contributed by atoms with van der Waals surface area (Å²) in [7, 11) is 0. The van der Waals surface area contributed by atoms with Crippen LogP contribution >= 0.6 is 11.3 Å². The number of anilines is 2. The lowest BCUT2D eigenvalue weighted by Crippen LogP contribution is -2.18. The smallest absolute Gasteiger partial charge is 0.375 e. The number of nitrogens with two attached hydrogens (primary N) is 1. The molecule has 0 fully saturated rings. The molecular weight excluding hydrogens is 327 g/mol. The average molecular weight is 343 g/mol. The minimum absolute atomic E-state index is 0.294. The molecule has 0 spiro atoms. The van der Waals surface area contributed by atoms with Crippen LogP contribution in [-0.2, 0) is 12.6 Å². The number of para-hydroxylation sites is 1. The number of thiazole rings is 1. The molecule has 0 unspecified atom stereocenters. The van der Waals surface area contributed by atoms with E-state index in [1.807, 2.05) is 26.0 Å². The molecule has 2 aromatic rings. The van der Waals surface area contributed by atoms with Gasteiger partial charge in [0.25, 0.3) is 5.91 Å². The number of nitrogens with one attached hydrogen (secondary N) is 1. The third kappa shape index (κ3) is 4.22. The van der Waals surface area contributed by atoms with Crippen LogP contribution in [0.2, 0.25) is 0 Å². The number of benzene rings is 1. The fraction of sp³-hybridized carbons (Fsp3) is 0.333. The number of halogens is 3. The van der Waals surface area contributed by atoms with E-state index in [4.69, 9.17) is 5.73 Å². The van der Waals surface area contributed by atoms with E-state index in [0.29, 0.717) is 29.4 Å². The predicted octanol–water partition coefficient (Wildman–Crippen LogP) is 4.19. The quantitative estimate of drug-likeness (QED) is 0.874. The molecule has 8 heteroatoms. The van der Waals surface area contributed by atoms with Crippen molar-refractivity contribution in [3.8, 4) is 0 Å². The first-order chi connectivity index (χ1) is 10.7. The van der Waals surface area contributed by atoms with Gasteiger partial charge < -0.3 is 11.1 Å². The van der Waals surface area contributed by atoms with Gasteiger partial charge >= 0.3 is 6.18 Å². The molecule has 0 saturated carbocycles. The standard InChI is InChI=1S/C15H16F3N3OS/c1-8(2)7-9-5-3-4-6-10(9)20-13(22)11-12(15(16,17)18)21-14(19)23-11/h3-6,8H,7H2,1-2H3,(H2,19,21)(H,20,22). The van der Waals surface area contributed by atoms with E-state index in [9.17, 15) is 18.0 Å². The van der Waals surface area contributed by atoms with Gasteiger partial charge in [-0.25, -0.2) is 4.98 Å². The van der Waals surface area contributed by atoms with Crippen molar-refractivity contribution in [2.45, 2.75) is 26.4 Å². The molecule has 23 heavy (non-hydrogen) atoms. The molecule has 0 radical (unpaired) electrons. The normalized spacial score (nSPS) is 11.7. The van der Waals surface area contributed by atoms with Crippen molar-refractivity contribution in [2.24, 2.45) is 5.92 Å². The van der Waals surface area contributed by atoms with Gasteiger partial charge in [-0.05, 0) is 24.0 Å². The SMILES string of the molecule is CC(C)Cc1ccccc1NC(=O)c1sc(N)nc1C(F)(F)F. The lowest BCUT2D eigenvalue weighted by atomic mass is 10.0. The summed E-state index contributed by atoms with van der Waals surface area (Å²) in [6.07, 6.45) is -4.02. The summed E-state index contributed by atoms with van der Waals surface area (Å²) in [4.78, 5) is 14.9. The third-order valence-electron chi connectivity index (χ3n) is 3.01. The molecule has 0 aliphatic rings. The van der Waals surface area contributed by atoms with Crippen LogP contribution in [0.5, 0.6) is 0 Å². The van der Waals surface area contributed by atoms with Gasteiger partial charge in [0.05, 0.1) is 0 Å². The minimum atomic E-state index is -4.72. The highest BCUT2D eigenvalue weighted by Gasteiger charge is 2.39. The zero-order chi connectivity index (χ0) is 17.2. The molecule has 2 rings (SSSR count). The Morgan fingerprint density at radius 1 is 1.35 bits per heavy atom. The molecule has 0 saturated heterocycles. The lowest BCUT2D eigenvalue weighted by Gasteiger charge is -2.13. The first-order valence-corrected chi connectivity index (χ1v) is 7.73. The molecule has 0 aliphatic heterocycles. The van der Waals surface area contributed by atoms with Gasteiger partial charge in [0.15, 0.2) is 10.8 Å². The lowest BCUT2D eigenvalue weighted by molar-refractivity contribution is -0.140. The summed E-state index contributed by atoms with van der Waals surface area (Å²) in [6.45, 7) is 4.04. The highest BCUT2D eigenvalue weighted by Crippen LogP contribution is 2.35. The van der Waals surface area contributed by atoms with Gasteiger partial charge in [-0.3, -0.25) is 4.79 Å². The second-order valence-corrected chi connectivity index (χ2v) is 6.47. The first kappa shape index (κ1) is 17.3. The van der Waals surface area contributed by atoms with Crippen LogP contribution in [0.1, 0.15) is 34.8 Å². The number of carbonyl (C=O) groups is 1. The van der Waals surface area contributed by atoms with Crippen LogP contribution in [-0.4, -0.2) is 10.9 Å². The van der Waals surface area contributed by atoms with Crippen LogP contribution in [0.3, 0.4) is 0 Å². The van der Waals surface area contributed by atoms with E-state index in [1.165, 1.54) is 0 Å². The van der Waals surface area contributed by atoms with Crippen molar-refractivity contribution in [1.82, 2.24) is 4.98 Å². The Balaban J connectivity index is 2.31. The Bertz CT molecular complexity index is 710. The predicted molar refractivity (Wildman–Crippen MR) is 84.5 cm³/mol. The van der Waals surface area contributed by atoms with Crippen molar-refractivity contribution < 1.29 is 18.0 Å². The van der Waals surface area contributed by atoms with Crippen molar-refractivity contribution in [2.75, 3.05) is 11.1 Å². The molecule has 1 heterocycles. The molecule has 0 bridgehead atoms. The van der Waals surface area contributed by atoms with Crippen molar-refractivity contribution in [3.05, 3.63) is 40.4 Å². The summed E-state index contributed by atoms with van der Waals surface area (Å²) in [5, 5.41) is 2.24. The molecule has 124 valence electrons. The van der Waals surface area contributed by atoms with E-state index in [-0.39, 0.29) is 5.13 Å². The molecule has 4 nitrogen and oxygen atoms in total. The van der Waals surface area contributed by atoms with E-state index in [1.54, 1.807) is 12.1 Å². The summed E-state index contributed by atoms with van der Waals surface area (Å²) in [5.41, 5.74) is 5.43. The second kappa shape index (κ2) is 6.57. The van der Waals surface area contributed by atoms with E-state index >= 15 is 0 Å². The zero-order valence-electron chi connectivity index (χ0n) is 12.6. The van der Waals surface area contributed by atoms with Crippen molar-refractivity contribution in [3.63, 3.8) is 0 Å². The monoisotopic (exact) mass is 343 g/mol. The van der Waals surface area contributed by atoms with E-state index < -0.39 is 22.7 Å². The number of hydrogen-bond donors (Lipinski definition) is 2. The summed E-state index contributed by atoms with van der Waals surface area (Å²) in [6, 6.07) is 7.03. The van der Waals surface area contributed by atoms with Crippen LogP contribution < -0.4 is 11.1 Å². The molecule has 0 atom stereocenters. The number of alkyl halides is 3. The Morgan fingerprint density at radius 2 is 2.00 bits per heavy atom. The minimum Gasteiger partial charge on any atom is -0.375 e. The van der Waals surface area contributed by atoms with Crippen molar-refractivity contribution in [1.29, 1.82) is 0 Å². The van der Waals surface area contributed by atoms with Crippen LogP contribution in [0.25, 0.3) is 0 Å². The van der Waals surface area contributed by atoms with E-state index in [0.717, 1.165) is 5.56 Å². The number of nitrogen functional groups attached to an aromatic ring is 1. The number of hydrogen-bond acceptors (Lipinski definition) is 4. The maximum Gasteiger partial charge on any atom is 0.435 e. The first-order valence-electron chi connectivity index (χ1n) is 6.91. The topological polar surface area (TPSA) is 68.0 Å². The average Bonchev–Trinajstić information content (AvgIpc) is 2.83. The molecule has 3 N–H and O–H groups in total. The Morgan fingerprint density at radius 3 is 2.61 bits per heavy atom. The fourth-order valence-electron chi connectivity index (χ4n) is 2.12. The second-order valence-electron chi connectivity index (χ2n) is 5.44. The third-order valence-corrected chi connectivity index (χ3v) is 3.90. The maximum absolute atomic E-state index is 12.9. The summed E-state index contributed by atoms with van der Waals surface area (Å²) in [5.74, 6) is -0.513. The number of rotatable bonds is 4. The zero-order valence-corrected chi connectivity index (χ0v) is 13.4. The maximum atomic E-state index is 12.9. The molecule has 1 aromatic heterocycles. The molecule has 0 aliphatic carbocycles. The number of aromatic nitrogens is 1. The Kier molecular flexibility index (Phi) is 4.93. The van der Waals surface area contributed by atoms with Gasteiger partial charge in [0.2, 0.25) is 0 Å². The highest BCUT2D eigenvalue weighted by atomic mass is 32.1. The Labute approximate surface area is 135 Å². The molecule has 1 amide bonds. The van der Waals surface area contributed by atoms with Crippen LogP contribution in [0.15, 0.2) is 24.3 Å². The van der Waals surface area contributed by atoms with Crippen molar-refractivity contribution >= 4 is 28.1 Å². The van der Waals surface area contributed by atoms with Gasteiger partial charge in [0, 0.05) is 5.69 Å². The summed E-state index contributed by atoms with van der Waals surface area (Å²) < 4.78 is 38.8. The van der Waals surface area contributed by atoms with Gasteiger partial charge in [-0.1, -0.05) is 43.4 Å². The molecule has 1 aromatic carbocycles.